The van der Waals surface area contributed by atoms with Gasteiger partial charge in [-0.15, -0.1) is 0 Å². The molecule has 0 radical (unpaired) electrons. The van der Waals surface area contributed by atoms with Crippen molar-refractivity contribution in [2.45, 2.75) is 6.61 Å². The Hall–Kier alpha value is -1.17. The van der Waals surface area contributed by atoms with Gasteiger partial charge in [0.2, 0.25) is 0 Å². The van der Waals surface area contributed by atoms with E-state index < -0.39 is 12.6 Å². The Morgan fingerprint density at radius 2 is 2.13 bits per heavy atom. The average molecular weight is 281 g/mol. The van der Waals surface area contributed by atoms with E-state index in [1.807, 2.05) is 0 Å². The number of methoxy groups -OCH3 is 1. The predicted octanol–water partition coefficient (Wildman–Crippen LogP) is 2.84. The minimum absolute atomic E-state index is 0.0300. The minimum atomic E-state index is -2.90. The molecule has 0 bridgehead atoms. The van der Waals surface area contributed by atoms with Crippen molar-refractivity contribution in [1.29, 1.82) is 0 Å². The second-order valence-electron chi connectivity index (χ2n) is 2.52. The van der Waals surface area contributed by atoms with E-state index >= 15 is 0 Å². The maximum absolute atomic E-state index is 11.9. The minimum Gasteiger partial charge on any atom is -0.465 e. The van der Waals surface area contributed by atoms with Crippen LogP contribution in [0.25, 0.3) is 0 Å². The molecule has 0 aliphatic rings. The standard InChI is InChI=1S/C9H7BrF2O3/c1-14-8(13)5-2-3-7(6(10)4-5)15-9(11)12/h2-4,9H,1H3. The number of carbonyl (C=O) groups is 1. The summed E-state index contributed by atoms with van der Waals surface area (Å²) >= 11 is 3.01. The Balaban J connectivity index is 2.93. The van der Waals surface area contributed by atoms with Crippen LogP contribution in [0.5, 0.6) is 5.75 Å². The van der Waals surface area contributed by atoms with Crippen molar-refractivity contribution < 1.29 is 23.0 Å². The van der Waals surface area contributed by atoms with E-state index in [0.29, 0.717) is 0 Å². The van der Waals surface area contributed by atoms with Gasteiger partial charge in [0.1, 0.15) is 5.75 Å². The Kier molecular flexibility index (Phi) is 4.02. The van der Waals surface area contributed by atoms with Crippen LogP contribution in [0.1, 0.15) is 10.4 Å². The van der Waals surface area contributed by atoms with E-state index in [9.17, 15) is 13.6 Å². The first-order chi connectivity index (χ1) is 7.04. The SMILES string of the molecule is COC(=O)c1ccc(OC(F)F)c(Br)c1. The van der Waals surface area contributed by atoms with Gasteiger partial charge in [-0.3, -0.25) is 0 Å². The number of hydrogen-bond donors (Lipinski definition) is 0. The lowest BCUT2D eigenvalue weighted by molar-refractivity contribution is -0.0503. The molecule has 82 valence electrons. The first kappa shape index (κ1) is 11.9. The van der Waals surface area contributed by atoms with Gasteiger partial charge in [0, 0.05) is 0 Å². The van der Waals surface area contributed by atoms with Gasteiger partial charge in [-0.2, -0.15) is 8.78 Å². The first-order valence-corrected chi connectivity index (χ1v) is 4.66. The summed E-state index contributed by atoms with van der Waals surface area (Å²) in [4.78, 5) is 11.1. The number of hydrogen-bond acceptors (Lipinski definition) is 3. The van der Waals surface area contributed by atoms with E-state index in [1.54, 1.807) is 0 Å². The van der Waals surface area contributed by atoms with Crippen molar-refractivity contribution >= 4 is 21.9 Å². The normalized spacial score (nSPS) is 10.2. The van der Waals surface area contributed by atoms with Crippen molar-refractivity contribution in [3.8, 4) is 5.75 Å². The fourth-order valence-corrected chi connectivity index (χ4v) is 1.41. The van der Waals surface area contributed by atoms with Gasteiger partial charge >= 0.3 is 12.6 Å². The molecule has 1 aromatic rings. The lowest BCUT2D eigenvalue weighted by Crippen LogP contribution is -2.04. The third kappa shape index (κ3) is 3.16. The molecule has 0 spiro atoms. The van der Waals surface area contributed by atoms with Crippen LogP contribution >= 0.6 is 15.9 Å². The summed E-state index contributed by atoms with van der Waals surface area (Å²) in [7, 11) is 1.24. The fourth-order valence-electron chi connectivity index (χ4n) is 0.937. The van der Waals surface area contributed by atoms with Crippen LogP contribution in [0.3, 0.4) is 0 Å². The highest BCUT2D eigenvalue weighted by Gasteiger charge is 2.11. The largest absolute Gasteiger partial charge is 0.465 e. The highest BCUT2D eigenvalue weighted by Crippen LogP contribution is 2.27. The summed E-state index contributed by atoms with van der Waals surface area (Å²) in [6.45, 7) is -2.90. The van der Waals surface area contributed by atoms with Crippen LogP contribution in [0.4, 0.5) is 8.78 Å². The second-order valence-corrected chi connectivity index (χ2v) is 3.37. The highest BCUT2D eigenvalue weighted by atomic mass is 79.9. The zero-order valence-electron chi connectivity index (χ0n) is 7.67. The fraction of sp³-hybridized carbons (Fsp3) is 0.222. The Bertz CT molecular complexity index is 368. The molecule has 1 rings (SSSR count). The monoisotopic (exact) mass is 280 g/mol. The number of rotatable bonds is 3. The van der Waals surface area contributed by atoms with E-state index in [-0.39, 0.29) is 15.8 Å². The number of esters is 1. The van der Waals surface area contributed by atoms with Gasteiger partial charge in [-0.05, 0) is 34.1 Å². The molecule has 1 aromatic carbocycles. The molecular weight excluding hydrogens is 274 g/mol. The van der Waals surface area contributed by atoms with Crippen LogP contribution in [-0.4, -0.2) is 19.7 Å². The zero-order valence-corrected chi connectivity index (χ0v) is 9.25. The summed E-state index contributed by atoms with van der Waals surface area (Å²) in [6, 6.07) is 3.96. The molecule has 0 heterocycles. The Labute approximate surface area is 93.1 Å². The summed E-state index contributed by atoms with van der Waals surface area (Å²) in [5, 5.41) is 0. The molecule has 0 atom stereocenters. The van der Waals surface area contributed by atoms with Crippen LogP contribution < -0.4 is 4.74 Å². The summed E-state index contributed by atoms with van der Waals surface area (Å²) in [5.41, 5.74) is 0.256. The van der Waals surface area contributed by atoms with Crippen molar-refractivity contribution in [3.05, 3.63) is 28.2 Å². The van der Waals surface area contributed by atoms with Crippen LogP contribution in [0.15, 0.2) is 22.7 Å². The first-order valence-electron chi connectivity index (χ1n) is 3.87. The van der Waals surface area contributed by atoms with E-state index in [4.69, 9.17) is 0 Å². The van der Waals surface area contributed by atoms with E-state index in [2.05, 4.69) is 25.4 Å². The highest BCUT2D eigenvalue weighted by molar-refractivity contribution is 9.10. The third-order valence-corrected chi connectivity index (χ3v) is 2.19. The van der Waals surface area contributed by atoms with Gasteiger partial charge in [-0.1, -0.05) is 0 Å². The predicted molar refractivity (Wildman–Crippen MR) is 52.1 cm³/mol. The van der Waals surface area contributed by atoms with Crippen molar-refractivity contribution in [3.63, 3.8) is 0 Å². The number of benzene rings is 1. The van der Waals surface area contributed by atoms with Gasteiger partial charge in [0.05, 0.1) is 17.1 Å². The van der Waals surface area contributed by atoms with Crippen molar-refractivity contribution in [2.75, 3.05) is 7.11 Å². The van der Waals surface area contributed by atoms with E-state index in [1.165, 1.54) is 25.3 Å². The lowest BCUT2D eigenvalue weighted by Gasteiger charge is -2.07. The molecule has 0 unspecified atom stereocenters. The van der Waals surface area contributed by atoms with Gasteiger partial charge in [0.25, 0.3) is 0 Å². The molecule has 0 amide bonds. The van der Waals surface area contributed by atoms with Crippen LogP contribution in [-0.2, 0) is 4.74 Å². The zero-order chi connectivity index (χ0) is 11.4. The third-order valence-electron chi connectivity index (χ3n) is 1.57. The number of carbonyl (C=O) groups excluding carboxylic acids is 1. The molecule has 0 fully saturated rings. The van der Waals surface area contributed by atoms with Crippen molar-refractivity contribution in [2.24, 2.45) is 0 Å². The summed E-state index contributed by atoms with van der Waals surface area (Å²) in [5.74, 6) is -0.572. The van der Waals surface area contributed by atoms with E-state index in [0.717, 1.165) is 0 Å². The molecule has 0 aromatic heterocycles. The Morgan fingerprint density at radius 3 is 2.60 bits per heavy atom. The molecular formula is C9H7BrF2O3. The quantitative estimate of drug-likeness (QED) is 0.799. The lowest BCUT2D eigenvalue weighted by atomic mass is 10.2. The van der Waals surface area contributed by atoms with Gasteiger partial charge < -0.3 is 9.47 Å². The van der Waals surface area contributed by atoms with Gasteiger partial charge in [0.15, 0.2) is 0 Å². The van der Waals surface area contributed by atoms with Crippen LogP contribution in [0.2, 0.25) is 0 Å². The summed E-state index contributed by atoms with van der Waals surface area (Å²) < 4.78 is 32.7. The smallest absolute Gasteiger partial charge is 0.387 e. The number of ether oxygens (including phenoxy) is 2. The molecule has 0 aliphatic carbocycles. The second kappa shape index (κ2) is 5.06. The molecule has 6 heteroatoms. The molecule has 0 N–H and O–H groups in total. The molecule has 15 heavy (non-hydrogen) atoms. The number of halogens is 3. The number of alkyl halides is 2. The topological polar surface area (TPSA) is 35.5 Å². The summed E-state index contributed by atoms with van der Waals surface area (Å²) in [6.07, 6.45) is 0. The maximum Gasteiger partial charge on any atom is 0.387 e. The van der Waals surface area contributed by atoms with Crippen molar-refractivity contribution in [1.82, 2.24) is 0 Å². The average Bonchev–Trinajstić information content (AvgIpc) is 2.19. The Morgan fingerprint density at radius 1 is 1.47 bits per heavy atom. The molecule has 3 nitrogen and oxygen atoms in total. The molecule has 0 aliphatic heterocycles. The molecule has 0 saturated heterocycles. The molecule has 0 saturated carbocycles. The maximum atomic E-state index is 11.9. The van der Waals surface area contributed by atoms with Gasteiger partial charge in [-0.25, -0.2) is 4.79 Å². The van der Waals surface area contributed by atoms with Crippen LogP contribution in [0, 0.1) is 0 Å².